The maximum Gasteiger partial charge on any atom is 0.223 e. The number of nitrogens with zero attached hydrogens (tertiary/aromatic N) is 2. The number of ether oxygens (including phenoxy) is 1. The summed E-state index contributed by atoms with van der Waals surface area (Å²) >= 11 is 0. The van der Waals surface area contributed by atoms with E-state index in [1.807, 2.05) is 36.5 Å². The van der Waals surface area contributed by atoms with E-state index >= 15 is 0 Å². The molecule has 0 aliphatic carbocycles. The Kier molecular flexibility index (Phi) is 4.04. The van der Waals surface area contributed by atoms with E-state index in [-0.39, 0.29) is 6.04 Å². The molecule has 0 bridgehead atoms. The van der Waals surface area contributed by atoms with Crippen molar-refractivity contribution in [3.63, 3.8) is 0 Å². The molecule has 0 aliphatic heterocycles. The molecule has 0 saturated carbocycles. The van der Waals surface area contributed by atoms with Crippen molar-refractivity contribution < 1.29 is 4.74 Å². The molecule has 2 heterocycles. The van der Waals surface area contributed by atoms with Gasteiger partial charge in [0.25, 0.3) is 0 Å². The molecule has 2 aromatic carbocycles. The van der Waals surface area contributed by atoms with Crippen molar-refractivity contribution in [1.29, 1.82) is 0 Å². The SMILES string of the molecule is COc1ccccc1C(Nc1ncccn1)c1c[nH]c2ccccc12. The number of methoxy groups -OCH3 is 1. The molecule has 124 valence electrons. The molecule has 0 fully saturated rings. The van der Waals surface area contributed by atoms with E-state index in [2.05, 4.69) is 38.5 Å². The van der Waals surface area contributed by atoms with Gasteiger partial charge in [-0.2, -0.15) is 0 Å². The lowest BCUT2D eigenvalue weighted by molar-refractivity contribution is 0.408. The molecule has 25 heavy (non-hydrogen) atoms. The number of para-hydroxylation sites is 2. The van der Waals surface area contributed by atoms with Crippen LogP contribution in [0.3, 0.4) is 0 Å². The molecule has 0 saturated heterocycles. The highest BCUT2D eigenvalue weighted by molar-refractivity contribution is 5.84. The molecule has 0 spiro atoms. The van der Waals surface area contributed by atoms with Crippen LogP contribution in [0.1, 0.15) is 17.2 Å². The van der Waals surface area contributed by atoms with Gasteiger partial charge in [0.2, 0.25) is 5.95 Å². The van der Waals surface area contributed by atoms with Gasteiger partial charge in [-0.3, -0.25) is 0 Å². The summed E-state index contributed by atoms with van der Waals surface area (Å²) in [5, 5.41) is 4.60. The van der Waals surface area contributed by atoms with Gasteiger partial charge in [0.05, 0.1) is 13.2 Å². The average molecular weight is 330 g/mol. The van der Waals surface area contributed by atoms with Crippen LogP contribution in [0.5, 0.6) is 5.75 Å². The van der Waals surface area contributed by atoms with Crippen molar-refractivity contribution in [1.82, 2.24) is 15.0 Å². The number of aromatic nitrogens is 3. The number of hydrogen-bond donors (Lipinski definition) is 2. The molecule has 1 atom stereocenters. The van der Waals surface area contributed by atoms with Gasteiger partial charge in [-0.05, 0) is 18.2 Å². The summed E-state index contributed by atoms with van der Waals surface area (Å²) in [5.41, 5.74) is 3.24. The highest BCUT2D eigenvalue weighted by atomic mass is 16.5. The zero-order chi connectivity index (χ0) is 17.1. The fraction of sp³-hybridized carbons (Fsp3) is 0.100. The van der Waals surface area contributed by atoms with E-state index in [1.54, 1.807) is 25.6 Å². The van der Waals surface area contributed by atoms with Crippen molar-refractivity contribution in [2.24, 2.45) is 0 Å². The third kappa shape index (κ3) is 2.92. The largest absolute Gasteiger partial charge is 0.496 e. The normalized spacial score (nSPS) is 12.0. The Morgan fingerprint density at radius 3 is 2.52 bits per heavy atom. The minimum Gasteiger partial charge on any atom is -0.496 e. The average Bonchev–Trinajstić information content (AvgIpc) is 3.11. The molecular weight excluding hydrogens is 312 g/mol. The lowest BCUT2D eigenvalue weighted by Gasteiger charge is -2.21. The van der Waals surface area contributed by atoms with E-state index < -0.39 is 0 Å². The molecule has 4 aromatic rings. The fourth-order valence-electron chi connectivity index (χ4n) is 3.06. The van der Waals surface area contributed by atoms with Crippen LogP contribution in [0.15, 0.2) is 73.2 Å². The van der Waals surface area contributed by atoms with Crippen LogP contribution in [0, 0.1) is 0 Å². The number of fused-ring (bicyclic) bond motifs is 1. The highest BCUT2D eigenvalue weighted by Gasteiger charge is 2.22. The van der Waals surface area contributed by atoms with E-state index in [0.717, 1.165) is 27.8 Å². The third-order valence-electron chi connectivity index (χ3n) is 4.22. The Morgan fingerprint density at radius 2 is 1.68 bits per heavy atom. The molecule has 5 nitrogen and oxygen atoms in total. The van der Waals surface area contributed by atoms with Crippen LogP contribution < -0.4 is 10.1 Å². The Hall–Kier alpha value is -3.34. The summed E-state index contributed by atoms with van der Waals surface area (Å²) in [7, 11) is 1.68. The predicted octanol–water partition coefficient (Wildman–Crippen LogP) is 4.17. The summed E-state index contributed by atoms with van der Waals surface area (Å²) < 4.78 is 5.58. The summed E-state index contributed by atoms with van der Waals surface area (Å²) in [6, 6.07) is 17.9. The second-order valence-electron chi connectivity index (χ2n) is 5.68. The second kappa shape index (κ2) is 6.65. The van der Waals surface area contributed by atoms with Gasteiger partial charge in [0.1, 0.15) is 5.75 Å². The zero-order valence-electron chi connectivity index (χ0n) is 13.8. The lowest BCUT2D eigenvalue weighted by Crippen LogP contribution is -2.15. The Morgan fingerprint density at radius 1 is 0.920 bits per heavy atom. The van der Waals surface area contributed by atoms with Gasteiger partial charge in [-0.1, -0.05) is 36.4 Å². The minimum absolute atomic E-state index is 0.144. The smallest absolute Gasteiger partial charge is 0.223 e. The van der Waals surface area contributed by atoms with Gasteiger partial charge in [0, 0.05) is 40.6 Å². The Balaban J connectivity index is 1.86. The second-order valence-corrected chi connectivity index (χ2v) is 5.68. The number of nitrogens with one attached hydrogen (secondary N) is 2. The minimum atomic E-state index is -0.144. The molecule has 2 N–H and O–H groups in total. The fourth-order valence-corrected chi connectivity index (χ4v) is 3.06. The lowest BCUT2D eigenvalue weighted by atomic mass is 9.97. The first-order chi connectivity index (χ1) is 12.4. The van der Waals surface area contributed by atoms with Crippen molar-refractivity contribution >= 4 is 16.9 Å². The standard InChI is InChI=1S/C20H18N4O/c1-25-18-10-5-3-8-15(18)19(24-20-21-11-6-12-22-20)16-13-23-17-9-4-2-7-14(16)17/h2-13,19,23H,1H3,(H,21,22,24). The number of anilines is 1. The number of H-pyrrole nitrogens is 1. The summed E-state index contributed by atoms with van der Waals surface area (Å²) in [4.78, 5) is 12.0. The predicted molar refractivity (Wildman–Crippen MR) is 98.8 cm³/mol. The quantitative estimate of drug-likeness (QED) is 0.576. The number of benzene rings is 2. The van der Waals surface area contributed by atoms with Crippen LogP contribution in [0.25, 0.3) is 10.9 Å². The van der Waals surface area contributed by atoms with E-state index in [9.17, 15) is 0 Å². The first kappa shape index (κ1) is 15.2. The third-order valence-corrected chi connectivity index (χ3v) is 4.22. The first-order valence-corrected chi connectivity index (χ1v) is 8.09. The maximum absolute atomic E-state index is 5.58. The van der Waals surface area contributed by atoms with Crippen LogP contribution in [-0.4, -0.2) is 22.1 Å². The van der Waals surface area contributed by atoms with Crippen LogP contribution >= 0.6 is 0 Å². The van der Waals surface area contributed by atoms with E-state index in [0.29, 0.717) is 5.95 Å². The van der Waals surface area contributed by atoms with Gasteiger partial charge in [-0.15, -0.1) is 0 Å². The first-order valence-electron chi connectivity index (χ1n) is 8.09. The van der Waals surface area contributed by atoms with Crippen LogP contribution in [0.2, 0.25) is 0 Å². The molecule has 5 heteroatoms. The molecule has 4 rings (SSSR count). The van der Waals surface area contributed by atoms with E-state index in [1.165, 1.54) is 0 Å². The maximum atomic E-state index is 5.58. The van der Waals surface area contributed by atoms with Crippen molar-refractivity contribution in [2.75, 3.05) is 12.4 Å². The molecular formula is C20H18N4O. The highest BCUT2D eigenvalue weighted by Crippen LogP contribution is 2.35. The van der Waals surface area contributed by atoms with Crippen molar-refractivity contribution in [3.05, 3.63) is 84.3 Å². The van der Waals surface area contributed by atoms with Crippen LogP contribution in [-0.2, 0) is 0 Å². The van der Waals surface area contributed by atoms with Gasteiger partial charge in [-0.25, -0.2) is 9.97 Å². The molecule has 2 aromatic heterocycles. The van der Waals surface area contributed by atoms with Crippen LogP contribution in [0.4, 0.5) is 5.95 Å². The van der Waals surface area contributed by atoms with Crippen molar-refractivity contribution in [3.8, 4) is 5.75 Å². The summed E-state index contributed by atoms with van der Waals surface area (Å²) in [6.45, 7) is 0. The van der Waals surface area contributed by atoms with Gasteiger partial charge < -0.3 is 15.0 Å². The molecule has 0 amide bonds. The molecule has 1 unspecified atom stereocenters. The number of aromatic amines is 1. The zero-order valence-corrected chi connectivity index (χ0v) is 13.8. The summed E-state index contributed by atoms with van der Waals surface area (Å²) in [6.07, 6.45) is 5.48. The number of hydrogen-bond acceptors (Lipinski definition) is 4. The topological polar surface area (TPSA) is 62.8 Å². The Bertz CT molecular complexity index is 981. The number of rotatable bonds is 5. The molecule has 0 radical (unpaired) electrons. The Labute approximate surface area is 145 Å². The molecule has 0 aliphatic rings. The van der Waals surface area contributed by atoms with E-state index in [4.69, 9.17) is 4.74 Å². The summed E-state index contributed by atoms with van der Waals surface area (Å²) in [5.74, 6) is 1.39. The van der Waals surface area contributed by atoms with Gasteiger partial charge in [0.15, 0.2) is 0 Å². The van der Waals surface area contributed by atoms with Gasteiger partial charge >= 0.3 is 0 Å². The van der Waals surface area contributed by atoms with Crippen molar-refractivity contribution in [2.45, 2.75) is 6.04 Å². The monoisotopic (exact) mass is 330 g/mol.